The third kappa shape index (κ3) is 12.2. The van der Waals surface area contributed by atoms with Crippen molar-refractivity contribution in [1.29, 1.82) is 0 Å². The SMILES string of the molecule is COC(=O)C(=O)CC(SCC(NC(=O)CCCC(=O)O)C(=O)NCC(=O)O)C(=O)OC. The van der Waals surface area contributed by atoms with Gasteiger partial charge in [0, 0.05) is 25.0 Å². The van der Waals surface area contributed by atoms with Crippen molar-refractivity contribution in [2.75, 3.05) is 26.5 Å². The Kier molecular flexibility index (Phi) is 13.3. The van der Waals surface area contributed by atoms with E-state index in [1.807, 2.05) is 0 Å². The van der Waals surface area contributed by atoms with Gasteiger partial charge < -0.3 is 30.3 Å². The summed E-state index contributed by atoms with van der Waals surface area (Å²) in [7, 11) is 2.04. The maximum atomic E-state index is 12.2. The molecule has 13 nitrogen and oxygen atoms in total. The molecule has 4 N–H and O–H groups in total. The average molecular weight is 464 g/mol. The molecule has 0 aliphatic heterocycles. The predicted molar refractivity (Wildman–Crippen MR) is 104 cm³/mol. The van der Waals surface area contributed by atoms with E-state index in [1.54, 1.807) is 0 Å². The van der Waals surface area contributed by atoms with E-state index in [9.17, 15) is 33.6 Å². The molecule has 0 aromatic carbocycles. The first-order chi connectivity index (χ1) is 14.5. The van der Waals surface area contributed by atoms with Crippen molar-refractivity contribution >= 4 is 53.2 Å². The van der Waals surface area contributed by atoms with E-state index in [0.29, 0.717) is 0 Å². The lowest BCUT2D eigenvalue weighted by atomic mass is 10.2. The third-order valence-electron chi connectivity index (χ3n) is 3.57. The Morgan fingerprint density at radius 2 is 1.58 bits per heavy atom. The number of carboxylic acid groups (broad SMARTS) is 2. The molecule has 0 rings (SSSR count). The average Bonchev–Trinajstić information content (AvgIpc) is 2.71. The number of hydrogen-bond acceptors (Lipinski definition) is 10. The normalized spacial score (nSPS) is 12.1. The summed E-state index contributed by atoms with van der Waals surface area (Å²) < 4.78 is 8.85. The summed E-state index contributed by atoms with van der Waals surface area (Å²) in [5.74, 6) is -7.28. The summed E-state index contributed by atoms with van der Waals surface area (Å²) >= 11 is 0.732. The van der Waals surface area contributed by atoms with Gasteiger partial charge in [-0.3, -0.25) is 28.8 Å². The van der Waals surface area contributed by atoms with Crippen LogP contribution in [0.2, 0.25) is 0 Å². The largest absolute Gasteiger partial charge is 0.481 e. The first kappa shape index (κ1) is 27.8. The molecule has 0 aliphatic carbocycles. The fourth-order valence-corrected chi connectivity index (χ4v) is 3.22. The van der Waals surface area contributed by atoms with Crippen molar-refractivity contribution < 1.29 is 53.2 Å². The van der Waals surface area contributed by atoms with Gasteiger partial charge >= 0.3 is 23.9 Å². The molecule has 0 aliphatic rings. The minimum atomic E-state index is -1.33. The number of carbonyl (C=O) groups excluding carboxylic acids is 5. The number of carbonyl (C=O) groups is 7. The number of thioether (sulfide) groups is 1. The first-order valence-electron chi connectivity index (χ1n) is 8.83. The molecule has 2 atom stereocenters. The molecular formula is C17H24N2O11S. The smallest absolute Gasteiger partial charge is 0.374 e. The van der Waals surface area contributed by atoms with Crippen LogP contribution in [0.25, 0.3) is 0 Å². The minimum absolute atomic E-state index is 0.0101. The van der Waals surface area contributed by atoms with Gasteiger partial charge in [-0.2, -0.15) is 0 Å². The number of hydrogen-bond donors (Lipinski definition) is 4. The Balaban J connectivity index is 5.19. The van der Waals surface area contributed by atoms with Crippen molar-refractivity contribution in [2.24, 2.45) is 0 Å². The van der Waals surface area contributed by atoms with Gasteiger partial charge in [0.05, 0.1) is 14.2 Å². The lowest BCUT2D eigenvalue weighted by Gasteiger charge is -2.20. The second kappa shape index (κ2) is 14.8. The van der Waals surface area contributed by atoms with E-state index >= 15 is 0 Å². The van der Waals surface area contributed by atoms with Gasteiger partial charge in [0.25, 0.3) is 0 Å². The molecule has 2 amide bonds. The maximum Gasteiger partial charge on any atom is 0.374 e. The summed E-state index contributed by atoms with van der Waals surface area (Å²) in [5.41, 5.74) is 0. The standard InChI is InChI=1S/C17H24N2O11S/c1-29-16(27)10(20)6-11(17(28)30-2)31-8-9(15(26)18-7-14(24)25)19-12(21)4-3-5-13(22)23/h9,11H,3-8H2,1-2H3,(H,18,26)(H,19,21)(H,22,23)(H,24,25). The quantitative estimate of drug-likeness (QED) is 0.159. The zero-order valence-electron chi connectivity index (χ0n) is 16.9. The van der Waals surface area contributed by atoms with Crippen LogP contribution in [0.3, 0.4) is 0 Å². The summed E-state index contributed by atoms with van der Waals surface area (Å²) in [5, 5.41) is 20.5. The van der Waals surface area contributed by atoms with Crippen LogP contribution in [0.4, 0.5) is 0 Å². The number of esters is 2. The van der Waals surface area contributed by atoms with Gasteiger partial charge in [-0.15, -0.1) is 11.8 Å². The van der Waals surface area contributed by atoms with Crippen molar-refractivity contribution in [1.82, 2.24) is 10.6 Å². The molecule has 0 spiro atoms. The molecule has 14 heteroatoms. The van der Waals surface area contributed by atoms with Crippen LogP contribution in [-0.4, -0.2) is 89.5 Å². The number of ether oxygens (including phenoxy) is 2. The van der Waals surface area contributed by atoms with Crippen LogP contribution < -0.4 is 10.6 Å². The Morgan fingerprint density at radius 3 is 2.10 bits per heavy atom. The monoisotopic (exact) mass is 464 g/mol. The predicted octanol–water partition coefficient (Wildman–Crippen LogP) is -1.67. The molecule has 0 aromatic heterocycles. The fourth-order valence-electron chi connectivity index (χ4n) is 2.06. The Morgan fingerprint density at radius 1 is 0.935 bits per heavy atom. The molecule has 174 valence electrons. The second-order valence-corrected chi connectivity index (χ2v) is 7.18. The lowest BCUT2D eigenvalue weighted by molar-refractivity contribution is -0.152. The van der Waals surface area contributed by atoms with Gasteiger partial charge in [-0.25, -0.2) is 4.79 Å². The number of nitrogens with one attached hydrogen (secondary N) is 2. The van der Waals surface area contributed by atoms with Crippen molar-refractivity contribution in [3.63, 3.8) is 0 Å². The summed E-state index contributed by atoms with van der Waals surface area (Å²) in [6.45, 7) is -0.726. The van der Waals surface area contributed by atoms with Crippen molar-refractivity contribution in [3.8, 4) is 0 Å². The van der Waals surface area contributed by atoms with Gasteiger partial charge in [0.15, 0.2) is 0 Å². The van der Waals surface area contributed by atoms with E-state index in [4.69, 9.17) is 10.2 Å². The Labute approximate surface area is 181 Å². The van der Waals surface area contributed by atoms with Gasteiger partial charge in [0.2, 0.25) is 17.6 Å². The number of amides is 2. The van der Waals surface area contributed by atoms with E-state index in [-0.39, 0.29) is 25.0 Å². The zero-order valence-corrected chi connectivity index (χ0v) is 17.7. The second-order valence-electron chi connectivity index (χ2n) is 5.94. The molecule has 2 unspecified atom stereocenters. The van der Waals surface area contributed by atoms with E-state index in [0.717, 1.165) is 26.0 Å². The summed E-state index contributed by atoms with van der Waals surface area (Å²) in [6.07, 6.45) is -1.05. The molecule has 0 fully saturated rings. The van der Waals surface area contributed by atoms with Crippen LogP contribution in [-0.2, 0) is 43.0 Å². The molecular weight excluding hydrogens is 440 g/mol. The summed E-state index contributed by atoms with van der Waals surface area (Å²) in [4.78, 5) is 80.4. The maximum absolute atomic E-state index is 12.2. The number of methoxy groups -OCH3 is 2. The number of rotatable bonds is 15. The van der Waals surface area contributed by atoms with Crippen LogP contribution in [0.5, 0.6) is 0 Å². The molecule has 0 saturated heterocycles. The molecule has 0 bridgehead atoms. The topological polar surface area (TPSA) is 202 Å². The highest BCUT2D eigenvalue weighted by atomic mass is 32.2. The van der Waals surface area contributed by atoms with E-state index < -0.39 is 65.7 Å². The first-order valence-corrected chi connectivity index (χ1v) is 9.87. The third-order valence-corrected chi connectivity index (χ3v) is 4.86. The highest BCUT2D eigenvalue weighted by Gasteiger charge is 2.30. The van der Waals surface area contributed by atoms with Gasteiger partial charge in [-0.05, 0) is 6.42 Å². The molecule has 0 heterocycles. The van der Waals surface area contributed by atoms with E-state index in [1.165, 1.54) is 0 Å². The minimum Gasteiger partial charge on any atom is -0.481 e. The summed E-state index contributed by atoms with van der Waals surface area (Å²) in [6, 6.07) is -1.30. The van der Waals surface area contributed by atoms with Crippen molar-refractivity contribution in [3.05, 3.63) is 0 Å². The molecule has 31 heavy (non-hydrogen) atoms. The highest BCUT2D eigenvalue weighted by Crippen LogP contribution is 2.19. The molecule has 0 aromatic rings. The van der Waals surface area contributed by atoms with Crippen LogP contribution in [0.15, 0.2) is 0 Å². The number of Topliss-reactive ketones (excluding diaryl/α,β-unsaturated/α-hetero) is 1. The lowest BCUT2D eigenvalue weighted by Crippen LogP contribution is -2.49. The number of carboxylic acids is 2. The van der Waals surface area contributed by atoms with Crippen LogP contribution >= 0.6 is 11.8 Å². The van der Waals surface area contributed by atoms with Crippen LogP contribution in [0, 0.1) is 0 Å². The molecule has 0 radical (unpaired) electrons. The Hall–Kier alpha value is -3.16. The Bertz CT molecular complexity index is 710. The van der Waals surface area contributed by atoms with Crippen molar-refractivity contribution in [2.45, 2.75) is 37.0 Å². The van der Waals surface area contributed by atoms with Gasteiger partial charge in [-0.1, -0.05) is 0 Å². The molecule has 0 saturated carbocycles. The fraction of sp³-hybridized carbons (Fsp3) is 0.588. The highest BCUT2D eigenvalue weighted by molar-refractivity contribution is 8.00. The number of ketones is 1. The zero-order chi connectivity index (χ0) is 24.0. The number of aliphatic carboxylic acids is 2. The van der Waals surface area contributed by atoms with Gasteiger partial charge in [0.1, 0.15) is 17.8 Å². The van der Waals surface area contributed by atoms with Crippen LogP contribution in [0.1, 0.15) is 25.7 Å². The van der Waals surface area contributed by atoms with E-state index in [2.05, 4.69) is 20.1 Å².